The molecule has 1 aliphatic carbocycles. The third-order valence-electron chi connectivity index (χ3n) is 6.13. The molecule has 150 valence electrons. The molecule has 1 fully saturated rings. The first-order valence-corrected chi connectivity index (χ1v) is 10.5. The van der Waals surface area contributed by atoms with Gasteiger partial charge in [-0.2, -0.15) is 0 Å². The molecule has 1 aliphatic rings. The van der Waals surface area contributed by atoms with Crippen LogP contribution in [0.15, 0.2) is 66.7 Å². The molecular weight excluding hydrogens is 358 g/mol. The van der Waals surface area contributed by atoms with Gasteiger partial charge in [0.1, 0.15) is 0 Å². The van der Waals surface area contributed by atoms with E-state index in [0.29, 0.717) is 24.3 Å². The Hall–Kier alpha value is -2.49. The maximum absolute atomic E-state index is 13.2. The van der Waals surface area contributed by atoms with Gasteiger partial charge in [-0.15, -0.1) is 0 Å². The van der Waals surface area contributed by atoms with Crippen LogP contribution in [0.4, 0.5) is 0 Å². The molecule has 3 nitrogen and oxygen atoms in total. The summed E-state index contributed by atoms with van der Waals surface area (Å²) in [6.45, 7) is 0.923. The first-order valence-electron chi connectivity index (χ1n) is 10.5. The topological polar surface area (TPSA) is 40.5 Å². The Bertz CT molecular complexity index is 993. The van der Waals surface area contributed by atoms with Crippen molar-refractivity contribution in [2.24, 2.45) is 5.92 Å². The Morgan fingerprint density at radius 1 is 0.966 bits per heavy atom. The molecule has 29 heavy (non-hydrogen) atoms. The number of nitrogens with zero attached hydrogens (tertiary/aromatic N) is 1. The minimum atomic E-state index is -0.557. The van der Waals surface area contributed by atoms with Crippen LogP contribution in [0.25, 0.3) is 10.8 Å². The van der Waals surface area contributed by atoms with Crippen LogP contribution in [0, 0.1) is 5.92 Å². The number of ketones is 1. The summed E-state index contributed by atoms with van der Waals surface area (Å²) >= 11 is 0. The predicted molar refractivity (Wildman–Crippen MR) is 118 cm³/mol. The Morgan fingerprint density at radius 2 is 1.69 bits per heavy atom. The van der Waals surface area contributed by atoms with Crippen molar-refractivity contribution in [3.8, 4) is 0 Å². The molecule has 0 aliphatic heterocycles. The van der Waals surface area contributed by atoms with Crippen molar-refractivity contribution in [1.82, 2.24) is 4.90 Å². The van der Waals surface area contributed by atoms with Crippen molar-refractivity contribution in [1.29, 1.82) is 0 Å². The van der Waals surface area contributed by atoms with Gasteiger partial charge in [0.25, 0.3) is 0 Å². The SMILES string of the molecule is CN(C)Cc1ccc(C2CCC(O)C(C(=O)c3ccc4ccccc4c3)C2)cc1. The summed E-state index contributed by atoms with van der Waals surface area (Å²) in [6.07, 6.45) is 1.75. The van der Waals surface area contributed by atoms with Gasteiger partial charge in [0.15, 0.2) is 5.78 Å². The van der Waals surface area contributed by atoms with Crippen molar-refractivity contribution in [2.45, 2.75) is 37.8 Å². The fourth-order valence-corrected chi connectivity index (χ4v) is 4.56. The molecule has 0 bridgehead atoms. The molecule has 0 radical (unpaired) electrons. The normalized spacial score (nSPS) is 22.1. The number of benzene rings is 3. The summed E-state index contributed by atoms with van der Waals surface area (Å²) in [6, 6.07) is 22.7. The van der Waals surface area contributed by atoms with Gasteiger partial charge in [-0.1, -0.05) is 60.7 Å². The fourth-order valence-electron chi connectivity index (χ4n) is 4.56. The van der Waals surface area contributed by atoms with Crippen molar-refractivity contribution >= 4 is 16.6 Å². The number of aliphatic hydroxyl groups is 1. The number of hydrogen-bond acceptors (Lipinski definition) is 3. The summed E-state index contributed by atoms with van der Waals surface area (Å²) in [5, 5.41) is 12.8. The van der Waals surface area contributed by atoms with Crippen LogP contribution in [0.1, 0.15) is 46.7 Å². The number of Topliss-reactive ketones (excluding diaryl/α,β-unsaturated/α-hetero) is 1. The number of aliphatic hydroxyl groups excluding tert-OH is 1. The molecule has 3 unspecified atom stereocenters. The maximum atomic E-state index is 13.2. The highest BCUT2D eigenvalue weighted by molar-refractivity contribution is 6.01. The quantitative estimate of drug-likeness (QED) is 0.624. The zero-order valence-corrected chi connectivity index (χ0v) is 17.2. The van der Waals surface area contributed by atoms with E-state index >= 15 is 0 Å². The van der Waals surface area contributed by atoms with Gasteiger partial charge < -0.3 is 10.0 Å². The molecule has 1 N–H and O–H groups in total. The smallest absolute Gasteiger partial charge is 0.168 e. The molecule has 4 rings (SSSR count). The standard InChI is InChI=1S/C26H29NO2/c1-27(2)17-18-7-9-20(10-8-18)22-13-14-25(28)24(16-22)26(29)23-12-11-19-5-3-4-6-21(19)15-23/h3-12,15,22,24-25,28H,13-14,16-17H2,1-2H3. The summed E-state index contributed by atoms with van der Waals surface area (Å²) in [5.74, 6) is 0.0507. The van der Waals surface area contributed by atoms with Crippen LogP contribution >= 0.6 is 0 Å². The monoisotopic (exact) mass is 387 g/mol. The van der Waals surface area contributed by atoms with Crippen LogP contribution in [-0.2, 0) is 6.54 Å². The lowest BCUT2D eigenvalue weighted by molar-refractivity contribution is 0.0483. The van der Waals surface area contributed by atoms with Crippen molar-refractivity contribution < 1.29 is 9.90 Å². The number of fused-ring (bicyclic) bond motifs is 1. The summed E-state index contributed by atoms with van der Waals surface area (Å²) in [4.78, 5) is 15.4. The second-order valence-corrected chi connectivity index (χ2v) is 8.59. The lowest BCUT2D eigenvalue weighted by Gasteiger charge is -2.33. The van der Waals surface area contributed by atoms with Crippen LogP contribution in [0.3, 0.4) is 0 Å². The van der Waals surface area contributed by atoms with Gasteiger partial charge in [0.2, 0.25) is 0 Å². The van der Waals surface area contributed by atoms with Crippen LogP contribution in [0.2, 0.25) is 0 Å². The fraction of sp³-hybridized carbons (Fsp3) is 0.346. The van der Waals surface area contributed by atoms with Gasteiger partial charge in [-0.05, 0) is 67.2 Å². The van der Waals surface area contributed by atoms with E-state index in [1.54, 1.807) is 0 Å². The first-order chi connectivity index (χ1) is 14.0. The number of hydrogen-bond donors (Lipinski definition) is 1. The second-order valence-electron chi connectivity index (χ2n) is 8.59. The third-order valence-corrected chi connectivity index (χ3v) is 6.13. The summed E-state index contributed by atoms with van der Waals surface area (Å²) in [7, 11) is 4.14. The van der Waals surface area contributed by atoms with Crippen molar-refractivity contribution in [2.75, 3.05) is 14.1 Å². The van der Waals surface area contributed by atoms with Crippen LogP contribution < -0.4 is 0 Å². The largest absolute Gasteiger partial charge is 0.392 e. The van der Waals surface area contributed by atoms with E-state index in [9.17, 15) is 9.90 Å². The molecule has 0 aromatic heterocycles. The lowest BCUT2D eigenvalue weighted by atomic mass is 9.73. The van der Waals surface area contributed by atoms with E-state index in [0.717, 1.165) is 23.7 Å². The third kappa shape index (κ3) is 4.42. The summed E-state index contributed by atoms with van der Waals surface area (Å²) in [5.41, 5.74) is 3.27. The minimum absolute atomic E-state index is 0.0668. The number of rotatable bonds is 5. The lowest BCUT2D eigenvalue weighted by Crippen LogP contribution is -2.34. The van der Waals surface area contributed by atoms with E-state index in [1.807, 2.05) is 36.4 Å². The van der Waals surface area contributed by atoms with Crippen LogP contribution in [-0.4, -0.2) is 36.0 Å². The van der Waals surface area contributed by atoms with Gasteiger partial charge in [0.05, 0.1) is 6.10 Å². The van der Waals surface area contributed by atoms with E-state index in [4.69, 9.17) is 0 Å². The van der Waals surface area contributed by atoms with E-state index in [2.05, 4.69) is 49.3 Å². The zero-order chi connectivity index (χ0) is 20.4. The second kappa shape index (κ2) is 8.48. The van der Waals surface area contributed by atoms with Crippen molar-refractivity contribution in [3.63, 3.8) is 0 Å². The minimum Gasteiger partial charge on any atom is -0.392 e. The molecule has 3 aromatic carbocycles. The Kier molecular flexibility index (Phi) is 5.79. The highest BCUT2D eigenvalue weighted by atomic mass is 16.3. The highest BCUT2D eigenvalue weighted by Crippen LogP contribution is 2.38. The Morgan fingerprint density at radius 3 is 2.41 bits per heavy atom. The van der Waals surface area contributed by atoms with Crippen molar-refractivity contribution in [3.05, 3.63) is 83.4 Å². The van der Waals surface area contributed by atoms with Gasteiger partial charge >= 0.3 is 0 Å². The average Bonchev–Trinajstić information content (AvgIpc) is 2.73. The molecule has 3 heteroatoms. The Balaban J connectivity index is 1.52. The Labute approximate surface area is 173 Å². The molecule has 0 amide bonds. The molecule has 0 spiro atoms. The van der Waals surface area contributed by atoms with Gasteiger partial charge in [-0.3, -0.25) is 4.79 Å². The molecule has 0 heterocycles. The average molecular weight is 388 g/mol. The number of carbonyl (C=O) groups excluding carboxylic acids is 1. The first kappa shape index (κ1) is 19.8. The number of carbonyl (C=O) groups is 1. The van der Waals surface area contributed by atoms with E-state index in [1.165, 1.54) is 11.1 Å². The summed E-state index contributed by atoms with van der Waals surface area (Å²) < 4.78 is 0. The molecule has 3 atom stereocenters. The highest BCUT2D eigenvalue weighted by Gasteiger charge is 2.35. The molecular formula is C26H29NO2. The van der Waals surface area contributed by atoms with Gasteiger partial charge in [-0.25, -0.2) is 0 Å². The molecule has 0 saturated heterocycles. The molecule has 1 saturated carbocycles. The van der Waals surface area contributed by atoms with Crippen LogP contribution in [0.5, 0.6) is 0 Å². The molecule has 3 aromatic rings. The van der Waals surface area contributed by atoms with E-state index < -0.39 is 6.10 Å². The zero-order valence-electron chi connectivity index (χ0n) is 17.2. The van der Waals surface area contributed by atoms with E-state index in [-0.39, 0.29) is 11.7 Å². The van der Waals surface area contributed by atoms with Gasteiger partial charge in [0, 0.05) is 18.0 Å². The predicted octanol–water partition coefficient (Wildman–Crippen LogP) is 5.03. The maximum Gasteiger partial charge on any atom is 0.168 e.